The minimum atomic E-state index is 0. The topological polar surface area (TPSA) is 0 Å². The molecule has 0 N–H and O–H groups in total. The SMILES string of the molecule is C[N+]1(C)[C@H]2CC[C@H]1CC(CC(c1ccsc1)c1ccsc1)C2.[I-]. The molecular weight excluding hydrogens is 433 g/mol. The molecule has 4 rings (SSSR count). The summed E-state index contributed by atoms with van der Waals surface area (Å²) in [5.74, 6) is 1.53. The van der Waals surface area contributed by atoms with Gasteiger partial charge in [-0.05, 0) is 57.1 Å². The largest absolute Gasteiger partial charge is 1.00 e. The number of fused-ring (bicyclic) bond motifs is 2. The molecule has 0 radical (unpaired) electrons. The third-order valence-electron chi connectivity index (χ3n) is 6.39. The average molecular weight is 459 g/mol. The number of quaternary nitrogens is 1. The molecule has 126 valence electrons. The van der Waals surface area contributed by atoms with Gasteiger partial charge >= 0.3 is 0 Å². The first-order valence-corrected chi connectivity index (χ1v) is 10.4. The molecule has 2 aromatic rings. The van der Waals surface area contributed by atoms with Crippen molar-refractivity contribution in [3.63, 3.8) is 0 Å². The highest BCUT2D eigenvalue weighted by atomic mass is 127. The van der Waals surface area contributed by atoms with E-state index >= 15 is 0 Å². The van der Waals surface area contributed by atoms with Crippen LogP contribution in [0.1, 0.15) is 49.1 Å². The fourth-order valence-electron chi connectivity index (χ4n) is 4.93. The van der Waals surface area contributed by atoms with E-state index < -0.39 is 0 Å². The van der Waals surface area contributed by atoms with Crippen molar-refractivity contribution in [2.24, 2.45) is 5.92 Å². The molecule has 4 heterocycles. The van der Waals surface area contributed by atoms with Gasteiger partial charge in [0.15, 0.2) is 0 Å². The Morgan fingerprint density at radius 2 is 1.52 bits per heavy atom. The number of halogens is 1. The summed E-state index contributed by atoms with van der Waals surface area (Å²) in [7, 11) is 4.93. The van der Waals surface area contributed by atoms with E-state index in [4.69, 9.17) is 0 Å². The van der Waals surface area contributed by atoms with Crippen molar-refractivity contribution in [1.29, 1.82) is 0 Å². The van der Waals surface area contributed by atoms with Gasteiger partial charge < -0.3 is 28.5 Å². The predicted molar refractivity (Wildman–Crippen MR) is 96.7 cm³/mol. The number of piperidine rings is 1. The lowest BCUT2D eigenvalue weighted by molar-refractivity contribution is -0.931. The first kappa shape index (κ1) is 17.9. The van der Waals surface area contributed by atoms with E-state index in [1.54, 1.807) is 0 Å². The maximum Gasteiger partial charge on any atom is 0.0893 e. The Morgan fingerprint density at radius 3 is 1.96 bits per heavy atom. The Morgan fingerprint density at radius 1 is 1.00 bits per heavy atom. The average Bonchev–Trinajstić information content (AvgIpc) is 3.19. The molecule has 0 aliphatic carbocycles. The van der Waals surface area contributed by atoms with Gasteiger partial charge in [-0.2, -0.15) is 22.7 Å². The summed E-state index contributed by atoms with van der Waals surface area (Å²) >= 11 is 3.68. The van der Waals surface area contributed by atoms with Gasteiger partial charge in [0, 0.05) is 31.6 Å². The summed E-state index contributed by atoms with van der Waals surface area (Å²) in [4.78, 5) is 0. The fourth-order valence-corrected chi connectivity index (χ4v) is 6.36. The van der Waals surface area contributed by atoms with Crippen molar-refractivity contribution in [1.82, 2.24) is 0 Å². The predicted octanol–water partition coefficient (Wildman–Crippen LogP) is 2.35. The van der Waals surface area contributed by atoms with Gasteiger partial charge in [0.2, 0.25) is 0 Å². The van der Waals surface area contributed by atoms with Crippen LogP contribution in [0.3, 0.4) is 0 Å². The van der Waals surface area contributed by atoms with Crippen molar-refractivity contribution in [3.05, 3.63) is 44.8 Å². The standard InChI is InChI=1S/C19H26NS2.HI/c1-20(2)17-3-4-18(20)10-14(9-17)11-19(15-5-7-21-12-15)16-6-8-22-13-16;/h5-8,12-14,17-19H,3-4,9-11H2,1-2H3;1H/q+1;/p-1/t17-,18-;/m0./s1. The van der Waals surface area contributed by atoms with Crippen LogP contribution in [-0.2, 0) is 0 Å². The van der Waals surface area contributed by atoms with Gasteiger partial charge in [0.25, 0.3) is 0 Å². The molecule has 2 aliphatic rings. The van der Waals surface area contributed by atoms with Gasteiger partial charge in [-0.3, -0.25) is 0 Å². The molecule has 0 unspecified atom stereocenters. The maximum absolute atomic E-state index is 2.47. The highest BCUT2D eigenvalue weighted by Crippen LogP contribution is 2.46. The van der Waals surface area contributed by atoms with Crippen LogP contribution in [-0.4, -0.2) is 30.7 Å². The second-order valence-corrected chi connectivity index (χ2v) is 9.31. The second kappa shape index (κ2) is 7.14. The minimum Gasteiger partial charge on any atom is -1.00 e. The van der Waals surface area contributed by atoms with Crippen molar-refractivity contribution in [3.8, 4) is 0 Å². The molecule has 2 aromatic heterocycles. The lowest BCUT2D eigenvalue weighted by atomic mass is 9.79. The van der Waals surface area contributed by atoms with Crippen LogP contribution < -0.4 is 24.0 Å². The van der Waals surface area contributed by atoms with Crippen LogP contribution in [0.2, 0.25) is 0 Å². The zero-order valence-electron chi connectivity index (χ0n) is 14.0. The maximum atomic E-state index is 2.47. The first-order valence-electron chi connectivity index (χ1n) is 8.52. The molecule has 1 nitrogen and oxygen atoms in total. The van der Waals surface area contributed by atoms with Crippen molar-refractivity contribution < 1.29 is 28.5 Å². The monoisotopic (exact) mass is 459 g/mol. The number of thiophene rings is 2. The van der Waals surface area contributed by atoms with E-state index in [0.29, 0.717) is 5.92 Å². The van der Waals surface area contributed by atoms with E-state index in [9.17, 15) is 0 Å². The minimum absolute atomic E-state index is 0. The van der Waals surface area contributed by atoms with Crippen LogP contribution in [0, 0.1) is 5.92 Å². The van der Waals surface area contributed by atoms with Gasteiger partial charge in [-0.15, -0.1) is 0 Å². The van der Waals surface area contributed by atoms with Crippen LogP contribution in [0.15, 0.2) is 33.7 Å². The summed E-state index contributed by atoms with van der Waals surface area (Å²) in [6.07, 6.45) is 7.13. The zero-order chi connectivity index (χ0) is 15.2. The van der Waals surface area contributed by atoms with Crippen molar-refractivity contribution >= 4 is 22.7 Å². The molecule has 2 bridgehead atoms. The smallest absolute Gasteiger partial charge is 0.0893 e. The lowest BCUT2D eigenvalue weighted by Crippen LogP contribution is -3.00. The van der Waals surface area contributed by atoms with E-state index in [1.165, 1.54) is 47.7 Å². The quantitative estimate of drug-likeness (QED) is 0.487. The Bertz CT molecular complexity index is 555. The number of nitrogens with zero attached hydrogens (tertiary/aromatic N) is 1. The Hall–Kier alpha value is 0.0900. The Balaban J connectivity index is 0.00000156. The lowest BCUT2D eigenvalue weighted by Gasteiger charge is -2.45. The Labute approximate surface area is 165 Å². The molecular formula is C19H26INS2. The Kier molecular flexibility index (Phi) is 5.56. The molecule has 23 heavy (non-hydrogen) atoms. The van der Waals surface area contributed by atoms with Crippen LogP contribution in [0.4, 0.5) is 0 Å². The van der Waals surface area contributed by atoms with Crippen molar-refractivity contribution in [2.75, 3.05) is 14.1 Å². The third kappa shape index (κ3) is 3.42. The molecule has 0 amide bonds. The van der Waals surface area contributed by atoms with E-state index in [-0.39, 0.29) is 24.0 Å². The molecule has 4 heteroatoms. The number of hydrogen-bond donors (Lipinski definition) is 0. The van der Waals surface area contributed by atoms with E-state index in [0.717, 1.165) is 18.0 Å². The second-order valence-electron chi connectivity index (χ2n) is 7.75. The summed E-state index contributed by atoms with van der Waals surface area (Å²) < 4.78 is 1.29. The molecule has 2 fully saturated rings. The molecule has 2 atom stereocenters. The molecule has 2 saturated heterocycles. The van der Waals surface area contributed by atoms with Gasteiger partial charge in [0.05, 0.1) is 26.2 Å². The molecule has 0 aromatic carbocycles. The van der Waals surface area contributed by atoms with E-state index in [2.05, 4.69) is 47.7 Å². The highest BCUT2D eigenvalue weighted by Gasteiger charge is 2.48. The summed E-state index contributed by atoms with van der Waals surface area (Å²) in [6, 6.07) is 6.50. The first-order chi connectivity index (χ1) is 10.6. The van der Waals surface area contributed by atoms with E-state index in [1.807, 2.05) is 22.7 Å². The molecule has 0 saturated carbocycles. The number of hydrogen-bond acceptors (Lipinski definition) is 2. The molecule has 2 aliphatic heterocycles. The fraction of sp³-hybridized carbons (Fsp3) is 0.579. The summed E-state index contributed by atoms with van der Waals surface area (Å²) in [5.41, 5.74) is 3.07. The van der Waals surface area contributed by atoms with Crippen LogP contribution in [0.25, 0.3) is 0 Å². The zero-order valence-corrected chi connectivity index (χ0v) is 17.7. The summed E-state index contributed by atoms with van der Waals surface area (Å²) in [5, 5.41) is 9.19. The highest BCUT2D eigenvalue weighted by molar-refractivity contribution is 7.08. The van der Waals surface area contributed by atoms with Gasteiger partial charge in [-0.25, -0.2) is 0 Å². The van der Waals surface area contributed by atoms with Crippen LogP contribution >= 0.6 is 22.7 Å². The normalized spacial score (nSPS) is 28.7. The summed E-state index contributed by atoms with van der Waals surface area (Å²) in [6.45, 7) is 0. The van der Waals surface area contributed by atoms with Crippen LogP contribution in [0.5, 0.6) is 0 Å². The van der Waals surface area contributed by atoms with Crippen molar-refractivity contribution in [2.45, 2.75) is 50.1 Å². The van der Waals surface area contributed by atoms with Gasteiger partial charge in [-0.1, -0.05) is 0 Å². The van der Waals surface area contributed by atoms with Gasteiger partial charge in [0.1, 0.15) is 0 Å². The molecule has 0 spiro atoms. The third-order valence-corrected chi connectivity index (χ3v) is 7.79. The number of rotatable bonds is 4.